The smallest absolute Gasteiger partial charge is 0.138 e. The molecule has 0 heterocycles. The number of fused-ring (bicyclic) bond motifs is 1. The number of rotatable bonds is 10. The van der Waals surface area contributed by atoms with Crippen molar-refractivity contribution in [2.24, 2.45) is 0 Å². The topological polar surface area (TPSA) is 0 Å². The first-order valence-electron chi connectivity index (χ1n) is 13.7. The molecule has 0 saturated carbocycles. The fraction of sp³-hybridized carbons (Fsp3) is 0.278. The molecule has 0 aliphatic heterocycles. The first-order chi connectivity index (χ1) is 18.2. The number of unbranched alkanes of at least 4 members (excludes halogenated alkanes) is 4. The zero-order chi connectivity index (χ0) is 25.9. The summed E-state index contributed by atoms with van der Waals surface area (Å²) in [6.45, 7) is 4.29. The predicted molar refractivity (Wildman–Crippen MR) is 157 cm³/mol. The van der Waals surface area contributed by atoms with Gasteiger partial charge in [0.1, 0.15) is 5.82 Å². The van der Waals surface area contributed by atoms with Crippen LogP contribution in [0, 0.1) is 17.7 Å². The lowest BCUT2D eigenvalue weighted by atomic mass is 9.97. The number of halogens is 1. The van der Waals surface area contributed by atoms with Gasteiger partial charge in [0.25, 0.3) is 0 Å². The Labute approximate surface area is 222 Å². The Hall–Kier alpha value is -3.63. The van der Waals surface area contributed by atoms with Crippen LogP contribution in [-0.4, -0.2) is 0 Å². The van der Waals surface area contributed by atoms with Gasteiger partial charge in [-0.25, -0.2) is 4.39 Å². The third-order valence-corrected chi connectivity index (χ3v) is 6.93. The van der Waals surface area contributed by atoms with E-state index in [1.54, 1.807) is 0 Å². The van der Waals surface area contributed by atoms with E-state index in [4.69, 9.17) is 0 Å². The second-order valence-electron chi connectivity index (χ2n) is 9.78. The van der Waals surface area contributed by atoms with Crippen molar-refractivity contribution in [2.45, 2.75) is 65.2 Å². The number of hydrogen-bond acceptors (Lipinski definition) is 0. The number of aryl methyl sites for hydroxylation is 2. The quantitative estimate of drug-likeness (QED) is 0.118. The van der Waals surface area contributed by atoms with E-state index in [-0.39, 0.29) is 5.82 Å². The second-order valence-corrected chi connectivity index (χ2v) is 9.78. The summed E-state index contributed by atoms with van der Waals surface area (Å²) < 4.78 is 15.5. The molecule has 0 nitrogen and oxygen atoms in total. The standard InChI is InChI=1S/C36H37F/c1-3-5-7-8-10-12-29-19-22-32(23-20-29)34-26-24-33-27-31(21-25-35(33)36(34)37)18-17-30-15-13-28(14-16-30)11-9-6-4-2/h4,6,13-16,19-27H,3,5,7-12H2,1-2H3/b6-4+. The van der Waals surface area contributed by atoms with Crippen LogP contribution in [0.15, 0.2) is 91.0 Å². The molecule has 0 aliphatic carbocycles. The van der Waals surface area contributed by atoms with Gasteiger partial charge in [0.15, 0.2) is 0 Å². The first-order valence-corrected chi connectivity index (χ1v) is 13.7. The molecule has 0 amide bonds. The van der Waals surface area contributed by atoms with E-state index in [0.717, 1.165) is 41.3 Å². The molecule has 0 atom stereocenters. The molecule has 0 fully saturated rings. The molecule has 0 radical (unpaired) electrons. The van der Waals surface area contributed by atoms with Crippen LogP contribution in [0.3, 0.4) is 0 Å². The molecular formula is C36H37F. The Morgan fingerprint density at radius 3 is 2.14 bits per heavy atom. The lowest BCUT2D eigenvalue weighted by Gasteiger charge is -2.09. The van der Waals surface area contributed by atoms with E-state index in [0.29, 0.717) is 10.9 Å². The maximum absolute atomic E-state index is 15.5. The fourth-order valence-corrected chi connectivity index (χ4v) is 4.69. The SMILES string of the molecule is C/C=C/CCc1ccc(C#Cc2ccc3c(F)c(-c4ccc(CCCCCCC)cc4)ccc3c2)cc1. The third-order valence-electron chi connectivity index (χ3n) is 6.93. The van der Waals surface area contributed by atoms with Crippen molar-refractivity contribution in [1.29, 1.82) is 0 Å². The lowest BCUT2D eigenvalue weighted by Crippen LogP contribution is -1.90. The molecule has 0 unspecified atom stereocenters. The summed E-state index contributed by atoms with van der Waals surface area (Å²) in [5, 5.41) is 1.50. The molecule has 0 saturated heterocycles. The van der Waals surface area contributed by atoms with Crippen LogP contribution in [0.1, 0.15) is 74.6 Å². The van der Waals surface area contributed by atoms with Gasteiger partial charge in [-0.05, 0) is 78.9 Å². The highest BCUT2D eigenvalue weighted by Gasteiger charge is 2.10. The van der Waals surface area contributed by atoms with Gasteiger partial charge in [0.05, 0.1) is 0 Å². The summed E-state index contributed by atoms with van der Waals surface area (Å²) in [5.41, 5.74) is 6.09. The summed E-state index contributed by atoms with van der Waals surface area (Å²) in [6, 6.07) is 26.5. The highest BCUT2D eigenvalue weighted by atomic mass is 19.1. The van der Waals surface area contributed by atoms with Crippen molar-refractivity contribution in [2.75, 3.05) is 0 Å². The predicted octanol–water partition coefficient (Wildman–Crippen LogP) is 10.1. The molecule has 0 aromatic heterocycles. The molecule has 4 aromatic carbocycles. The first kappa shape index (κ1) is 26.4. The van der Waals surface area contributed by atoms with Gasteiger partial charge in [0, 0.05) is 22.1 Å². The molecule has 4 rings (SSSR count). The van der Waals surface area contributed by atoms with Crippen LogP contribution in [0.4, 0.5) is 4.39 Å². The van der Waals surface area contributed by atoms with Crippen LogP contribution < -0.4 is 0 Å². The number of hydrogen-bond donors (Lipinski definition) is 0. The number of benzene rings is 4. The van der Waals surface area contributed by atoms with E-state index in [1.165, 1.54) is 43.2 Å². The molecule has 37 heavy (non-hydrogen) atoms. The van der Waals surface area contributed by atoms with Crippen LogP contribution in [0.25, 0.3) is 21.9 Å². The molecule has 188 valence electrons. The van der Waals surface area contributed by atoms with Gasteiger partial charge in [0.2, 0.25) is 0 Å². The highest BCUT2D eigenvalue weighted by Crippen LogP contribution is 2.30. The second kappa shape index (κ2) is 13.6. The molecule has 1 heteroatoms. The average molecular weight is 489 g/mol. The van der Waals surface area contributed by atoms with Crippen molar-refractivity contribution in [3.8, 4) is 23.0 Å². The van der Waals surface area contributed by atoms with E-state index < -0.39 is 0 Å². The van der Waals surface area contributed by atoms with Crippen molar-refractivity contribution < 1.29 is 4.39 Å². The fourth-order valence-electron chi connectivity index (χ4n) is 4.69. The van der Waals surface area contributed by atoms with Gasteiger partial charge in [-0.3, -0.25) is 0 Å². The van der Waals surface area contributed by atoms with Crippen LogP contribution in [-0.2, 0) is 12.8 Å². The van der Waals surface area contributed by atoms with E-state index in [1.807, 2.05) is 37.3 Å². The average Bonchev–Trinajstić information content (AvgIpc) is 2.93. The minimum absolute atomic E-state index is 0.169. The minimum atomic E-state index is -0.169. The summed E-state index contributed by atoms with van der Waals surface area (Å²) in [5.74, 6) is 6.32. The Morgan fingerprint density at radius 2 is 1.38 bits per heavy atom. The summed E-state index contributed by atoms with van der Waals surface area (Å²) in [6.07, 6.45) is 13.9. The van der Waals surface area contributed by atoms with Gasteiger partial charge >= 0.3 is 0 Å². The Bertz CT molecular complexity index is 1380. The Morgan fingerprint density at radius 1 is 0.703 bits per heavy atom. The van der Waals surface area contributed by atoms with E-state index >= 15 is 4.39 Å². The largest absolute Gasteiger partial charge is 0.206 e. The minimum Gasteiger partial charge on any atom is -0.206 e. The number of allylic oxidation sites excluding steroid dienone is 2. The monoisotopic (exact) mass is 488 g/mol. The molecular weight excluding hydrogens is 451 g/mol. The van der Waals surface area contributed by atoms with E-state index in [9.17, 15) is 0 Å². The zero-order valence-corrected chi connectivity index (χ0v) is 22.2. The maximum atomic E-state index is 15.5. The van der Waals surface area contributed by atoms with Crippen LogP contribution >= 0.6 is 0 Å². The van der Waals surface area contributed by atoms with Gasteiger partial charge in [-0.1, -0.05) is 111 Å². The normalized spacial score (nSPS) is 11.1. The van der Waals surface area contributed by atoms with Crippen molar-refractivity contribution in [1.82, 2.24) is 0 Å². The molecule has 0 bridgehead atoms. The van der Waals surface area contributed by atoms with Crippen molar-refractivity contribution in [3.05, 3.63) is 119 Å². The summed E-state index contributed by atoms with van der Waals surface area (Å²) >= 11 is 0. The molecule has 4 aromatic rings. The van der Waals surface area contributed by atoms with Crippen molar-refractivity contribution >= 4 is 10.8 Å². The summed E-state index contributed by atoms with van der Waals surface area (Å²) in [4.78, 5) is 0. The summed E-state index contributed by atoms with van der Waals surface area (Å²) in [7, 11) is 0. The van der Waals surface area contributed by atoms with E-state index in [2.05, 4.69) is 79.4 Å². The molecule has 0 N–H and O–H groups in total. The van der Waals surface area contributed by atoms with Crippen LogP contribution in [0.5, 0.6) is 0 Å². The van der Waals surface area contributed by atoms with Gasteiger partial charge in [-0.15, -0.1) is 0 Å². The van der Waals surface area contributed by atoms with Crippen LogP contribution in [0.2, 0.25) is 0 Å². The Kier molecular flexibility index (Phi) is 9.73. The zero-order valence-electron chi connectivity index (χ0n) is 22.2. The third kappa shape index (κ3) is 7.43. The lowest BCUT2D eigenvalue weighted by molar-refractivity contribution is 0.632. The maximum Gasteiger partial charge on any atom is 0.138 e. The molecule has 0 spiro atoms. The molecule has 0 aliphatic rings. The Balaban J connectivity index is 1.44. The van der Waals surface area contributed by atoms with Gasteiger partial charge < -0.3 is 0 Å². The van der Waals surface area contributed by atoms with Gasteiger partial charge in [-0.2, -0.15) is 0 Å². The highest BCUT2D eigenvalue weighted by molar-refractivity contribution is 5.89. The van der Waals surface area contributed by atoms with Crippen molar-refractivity contribution in [3.63, 3.8) is 0 Å².